The molecule has 0 bridgehead atoms. The van der Waals surface area contributed by atoms with E-state index in [9.17, 15) is 17.2 Å². The first-order chi connectivity index (χ1) is 14.4. The summed E-state index contributed by atoms with van der Waals surface area (Å²) < 4.78 is 68.7. The zero-order valence-corrected chi connectivity index (χ0v) is 17.2. The zero-order chi connectivity index (χ0) is 21.5. The van der Waals surface area contributed by atoms with Crippen LogP contribution in [0.2, 0.25) is 0 Å². The number of halogens is 2. The minimum atomic E-state index is -4.29. The SMILES string of the molecule is COc1ccc(OC)c([C@@H]2c3cccn3CCN2S(=O)(=O)c2ccc(F)cc2F)c1. The topological polar surface area (TPSA) is 60.8 Å². The average molecular weight is 434 g/mol. The van der Waals surface area contributed by atoms with Gasteiger partial charge in [0.15, 0.2) is 0 Å². The van der Waals surface area contributed by atoms with Gasteiger partial charge in [0.2, 0.25) is 10.0 Å². The van der Waals surface area contributed by atoms with Crippen molar-refractivity contribution in [2.24, 2.45) is 0 Å². The Labute approximate surface area is 173 Å². The molecule has 0 spiro atoms. The average Bonchev–Trinajstić information content (AvgIpc) is 3.21. The summed E-state index contributed by atoms with van der Waals surface area (Å²) in [6.07, 6.45) is 1.86. The number of benzene rings is 2. The van der Waals surface area contributed by atoms with Crippen LogP contribution in [0, 0.1) is 11.6 Å². The van der Waals surface area contributed by atoms with Gasteiger partial charge < -0.3 is 14.0 Å². The lowest BCUT2D eigenvalue weighted by Crippen LogP contribution is -2.42. The van der Waals surface area contributed by atoms with E-state index in [0.717, 1.165) is 12.1 Å². The smallest absolute Gasteiger partial charge is 0.246 e. The lowest BCUT2D eigenvalue weighted by atomic mass is 10.0. The van der Waals surface area contributed by atoms with Crippen LogP contribution in [0.3, 0.4) is 0 Å². The van der Waals surface area contributed by atoms with Gasteiger partial charge in [-0.15, -0.1) is 0 Å². The molecule has 0 amide bonds. The molecule has 30 heavy (non-hydrogen) atoms. The molecule has 0 saturated carbocycles. The Bertz CT molecular complexity index is 1190. The van der Waals surface area contributed by atoms with Gasteiger partial charge in [-0.25, -0.2) is 17.2 Å². The highest BCUT2D eigenvalue weighted by molar-refractivity contribution is 7.89. The molecule has 158 valence electrons. The molecule has 3 aromatic rings. The van der Waals surface area contributed by atoms with E-state index < -0.39 is 32.6 Å². The molecule has 0 N–H and O–H groups in total. The largest absolute Gasteiger partial charge is 0.497 e. The minimum absolute atomic E-state index is 0.103. The third-order valence-electron chi connectivity index (χ3n) is 5.21. The highest BCUT2D eigenvalue weighted by atomic mass is 32.2. The van der Waals surface area contributed by atoms with E-state index in [2.05, 4.69) is 0 Å². The van der Waals surface area contributed by atoms with Crippen molar-refractivity contribution in [3.05, 3.63) is 77.6 Å². The number of fused-ring (bicyclic) bond motifs is 1. The van der Waals surface area contributed by atoms with E-state index in [0.29, 0.717) is 35.4 Å². The van der Waals surface area contributed by atoms with Gasteiger partial charge in [-0.3, -0.25) is 0 Å². The number of methoxy groups -OCH3 is 2. The number of ether oxygens (including phenoxy) is 2. The third kappa shape index (κ3) is 3.33. The normalized spacial score (nSPS) is 16.9. The number of hydrogen-bond donors (Lipinski definition) is 0. The second kappa shape index (κ2) is 7.73. The van der Waals surface area contributed by atoms with Gasteiger partial charge in [0.25, 0.3) is 0 Å². The third-order valence-corrected chi connectivity index (χ3v) is 7.10. The van der Waals surface area contributed by atoms with E-state index in [-0.39, 0.29) is 6.54 Å². The molecule has 2 aromatic carbocycles. The summed E-state index contributed by atoms with van der Waals surface area (Å²) in [5, 5.41) is 0. The second-order valence-corrected chi connectivity index (χ2v) is 8.69. The van der Waals surface area contributed by atoms with Crippen LogP contribution in [-0.4, -0.2) is 38.1 Å². The van der Waals surface area contributed by atoms with Crippen LogP contribution in [0.1, 0.15) is 17.3 Å². The van der Waals surface area contributed by atoms with E-state index in [1.165, 1.54) is 18.5 Å². The van der Waals surface area contributed by atoms with Crippen molar-refractivity contribution in [1.29, 1.82) is 0 Å². The molecule has 0 radical (unpaired) electrons. The molecule has 0 fully saturated rings. The van der Waals surface area contributed by atoms with Crippen molar-refractivity contribution in [3.63, 3.8) is 0 Å². The standard InChI is InChI=1S/C21H20F2N2O4S/c1-28-15-6-7-19(29-2)16(13-15)21-18-4-3-9-24(18)10-11-25(21)30(26,27)20-8-5-14(22)12-17(20)23/h3-9,12-13,21H,10-11H2,1-2H3/t21-/m1/s1. The number of aromatic nitrogens is 1. The first kappa shape index (κ1) is 20.4. The lowest BCUT2D eigenvalue weighted by molar-refractivity contribution is 0.288. The Kier molecular flexibility index (Phi) is 5.25. The van der Waals surface area contributed by atoms with Crippen molar-refractivity contribution >= 4 is 10.0 Å². The van der Waals surface area contributed by atoms with Crippen molar-refractivity contribution in [2.45, 2.75) is 17.5 Å². The summed E-state index contributed by atoms with van der Waals surface area (Å²) in [5.41, 5.74) is 1.27. The van der Waals surface area contributed by atoms with E-state index in [4.69, 9.17) is 9.47 Å². The molecule has 2 heterocycles. The molecule has 1 aromatic heterocycles. The van der Waals surface area contributed by atoms with E-state index in [1.54, 1.807) is 18.2 Å². The van der Waals surface area contributed by atoms with Crippen LogP contribution in [0.5, 0.6) is 11.5 Å². The van der Waals surface area contributed by atoms with Crippen LogP contribution in [0.4, 0.5) is 8.78 Å². The van der Waals surface area contributed by atoms with Crippen molar-refractivity contribution in [3.8, 4) is 11.5 Å². The molecule has 4 rings (SSSR count). The lowest BCUT2D eigenvalue weighted by Gasteiger charge is -2.37. The van der Waals surface area contributed by atoms with Gasteiger partial charge in [0.05, 0.1) is 20.3 Å². The molecular weight excluding hydrogens is 414 g/mol. The van der Waals surface area contributed by atoms with Crippen LogP contribution in [0.25, 0.3) is 0 Å². The number of sulfonamides is 1. The van der Waals surface area contributed by atoms with Crippen molar-refractivity contribution < 1.29 is 26.7 Å². The maximum atomic E-state index is 14.4. The molecular formula is C21H20F2N2O4S. The van der Waals surface area contributed by atoms with Gasteiger partial charge in [-0.2, -0.15) is 4.31 Å². The Hall–Kier alpha value is -2.91. The van der Waals surface area contributed by atoms with Crippen LogP contribution in [0.15, 0.2) is 59.6 Å². The van der Waals surface area contributed by atoms with Crippen LogP contribution in [-0.2, 0) is 16.6 Å². The predicted molar refractivity (Wildman–Crippen MR) is 106 cm³/mol. The first-order valence-electron chi connectivity index (χ1n) is 9.20. The maximum absolute atomic E-state index is 14.4. The Balaban J connectivity index is 1.92. The van der Waals surface area contributed by atoms with E-state index >= 15 is 0 Å². The summed E-state index contributed by atoms with van der Waals surface area (Å²) in [6.45, 7) is 0.499. The maximum Gasteiger partial charge on any atom is 0.246 e. The van der Waals surface area contributed by atoms with Crippen molar-refractivity contribution in [1.82, 2.24) is 8.87 Å². The molecule has 0 saturated heterocycles. The molecule has 1 aliphatic heterocycles. The molecule has 6 nitrogen and oxygen atoms in total. The van der Waals surface area contributed by atoms with Gasteiger partial charge in [-0.1, -0.05) is 0 Å². The fraction of sp³-hybridized carbons (Fsp3) is 0.238. The van der Waals surface area contributed by atoms with E-state index in [1.807, 2.05) is 22.9 Å². The Morgan fingerprint density at radius 3 is 2.50 bits per heavy atom. The molecule has 1 atom stereocenters. The zero-order valence-electron chi connectivity index (χ0n) is 16.4. The van der Waals surface area contributed by atoms with Crippen LogP contribution < -0.4 is 9.47 Å². The predicted octanol–water partition coefficient (Wildman–Crippen LogP) is 3.58. The molecule has 0 unspecified atom stereocenters. The quantitative estimate of drug-likeness (QED) is 0.616. The minimum Gasteiger partial charge on any atom is -0.497 e. The first-order valence-corrected chi connectivity index (χ1v) is 10.6. The van der Waals surface area contributed by atoms with Gasteiger partial charge >= 0.3 is 0 Å². The highest BCUT2D eigenvalue weighted by Gasteiger charge is 2.40. The Morgan fingerprint density at radius 1 is 1.00 bits per heavy atom. The van der Waals surface area contributed by atoms with Gasteiger partial charge in [0.1, 0.15) is 28.0 Å². The van der Waals surface area contributed by atoms with Gasteiger partial charge in [-0.05, 0) is 42.5 Å². The summed E-state index contributed by atoms with van der Waals surface area (Å²) in [5.74, 6) is -0.979. The molecule has 1 aliphatic rings. The summed E-state index contributed by atoms with van der Waals surface area (Å²) in [6, 6.07) is 10.4. The van der Waals surface area contributed by atoms with Gasteiger partial charge in [0, 0.05) is 36.6 Å². The van der Waals surface area contributed by atoms with Crippen molar-refractivity contribution in [2.75, 3.05) is 20.8 Å². The van der Waals surface area contributed by atoms with Crippen LogP contribution >= 0.6 is 0 Å². The number of nitrogens with zero attached hydrogens (tertiary/aromatic N) is 2. The number of rotatable bonds is 5. The fourth-order valence-electron chi connectivity index (χ4n) is 3.80. The molecule has 0 aliphatic carbocycles. The summed E-state index contributed by atoms with van der Waals surface area (Å²) in [7, 11) is -1.29. The summed E-state index contributed by atoms with van der Waals surface area (Å²) >= 11 is 0. The Morgan fingerprint density at radius 2 is 1.80 bits per heavy atom. The fourth-order valence-corrected chi connectivity index (χ4v) is 5.42. The monoisotopic (exact) mass is 434 g/mol. The summed E-state index contributed by atoms with van der Waals surface area (Å²) in [4.78, 5) is -0.573. The number of hydrogen-bond acceptors (Lipinski definition) is 4. The molecule has 9 heteroatoms. The highest BCUT2D eigenvalue weighted by Crippen LogP contribution is 2.41. The second-order valence-electron chi connectivity index (χ2n) is 6.83.